The van der Waals surface area contributed by atoms with Crippen molar-refractivity contribution in [3.05, 3.63) is 65.7 Å². The van der Waals surface area contributed by atoms with Crippen LogP contribution < -0.4 is 4.90 Å². The third kappa shape index (κ3) is 5.50. The summed E-state index contributed by atoms with van der Waals surface area (Å²) in [6.45, 7) is 7.36. The number of piperazine rings is 1. The lowest BCUT2D eigenvalue weighted by atomic mass is 10.0. The average molecular weight is 396 g/mol. The smallest absolute Gasteiger partial charge is 0.410 e. The summed E-state index contributed by atoms with van der Waals surface area (Å²) in [6.07, 6.45) is 0.484. The van der Waals surface area contributed by atoms with E-state index in [2.05, 4.69) is 17.0 Å². The highest BCUT2D eigenvalue weighted by Gasteiger charge is 2.32. The van der Waals surface area contributed by atoms with Crippen LogP contribution in [0.4, 0.5) is 10.5 Å². The van der Waals surface area contributed by atoms with Crippen LogP contribution in [0.5, 0.6) is 0 Å². The first-order valence-corrected chi connectivity index (χ1v) is 9.85. The van der Waals surface area contributed by atoms with Gasteiger partial charge in [-0.15, -0.1) is 0 Å². The van der Waals surface area contributed by atoms with Gasteiger partial charge in [0.05, 0.1) is 11.6 Å². The highest BCUT2D eigenvalue weighted by atomic mass is 16.6. The molecule has 3 rings (SSSR count). The van der Waals surface area contributed by atoms with Crippen molar-refractivity contribution < 1.29 is 19.4 Å². The molecule has 0 saturated carbocycles. The summed E-state index contributed by atoms with van der Waals surface area (Å²) in [4.78, 5) is 27.8. The Morgan fingerprint density at radius 1 is 1.03 bits per heavy atom. The number of nitrogens with zero attached hydrogens (tertiary/aromatic N) is 2. The molecule has 0 unspecified atom stereocenters. The zero-order valence-electron chi connectivity index (χ0n) is 17.2. The Labute approximate surface area is 171 Å². The van der Waals surface area contributed by atoms with Crippen molar-refractivity contribution in [2.45, 2.75) is 38.8 Å². The predicted octanol–water partition coefficient (Wildman–Crippen LogP) is 4.05. The van der Waals surface area contributed by atoms with Gasteiger partial charge < -0.3 is 19.6 Å². The molecule has 1 amide bonds. The molecule has 154 valence electrons. The standard InChI is InChI=1S/C23H28N2O4/c1-23(2,3)29-22(28)24-13-14-25(19-11-9-18(10-12-19)21(26)27)20(16-24)15-17-7-5-4-6-8-17/h4-12,20H,13-16H2,1-3H3,(H,26,27)/t20-/m0/s1. The highest BCUT2D eigenvalue weighted by molar-refractivity contribution is 5.88. The lowest BCUT2D eigenvalue weighted by Crippen LogP contribution is -2.56. The van der Waals surface area contributed by atoms with Crippen molar-refractivity contribution >= 4 is 17.7 Å². The molecule has 0 aromatic heterocycles. The van der Waals surface area contributed by atoms with Crippen LogP contribution >= 0.6 is 0 Å². The van der Waals surface area contributed by atoms with Crippen molar-refractivity contribution in [1.82, 2.24) is 4.90 Å². The number of aromatic carboxylic acids is 1. The van der Waals surface area contributed by atoms with Gasteiger partial charge in [0.25, 0.3) is 0 Å². The first kappa shape index (κ1) is 20.7. The minimum Gasteiger partial charge on any atom is -0.478 e. The summed E-state index contributed by atoms with van der Waals surface area (Å²) in [5.74, 6) is -0.938. The molecule has 6 nitrogen and oxygen atoms in total. The number of anilines is 1. The molecule has 0 bridgehead atoms. The lowest BCUT2D eigenvalue weighted by molar-refractivity contribution is 0.0214. The normalized spacial score (nSPS) is 17.1. The molecule has 29 heavy (non-hydrogen) atoms. The minimum atomic E-state index is -0.938. The van der Waals surface area contributed by atoms with Gasteiger partial charge in [0.2, 0.25) is 0 Å². The maximum Gasteiger partial charge on any atom is 0.410 e. The number of ether oxygens (including phenoxy) is 1. The van der Waals surface area contributed by atoms with Crippen molar-refractivity contribution in [3.8, 4) is 0 Å². The number of hydrogen-bond donors (Lipinski definition) is 1. The Kier molecular flexibility index (Phi) is 6.11. The second kappa shape index (κ2) is 8.55. The second-order valence-corrected chi connectivity index (χ2v) is 8.32. The SMILES string of the molecule is CC(C)(C)OC(=O)N1CCN(c2ccc(C(=O)O)cc2)[C@@H](Cc2ccccc2)C1. The van der Waals surface area contributed by atoms with Gasteiger partial charge in [0.1, 0.15) is 5.60 Å². The van der Waals surface area contributed by atoms with Crippen LogP contribution in [-0.4, -0.2) is 53.3 Å². The molecule has 1 fully saturated rings. The van der Waals surface area contributed by atoms with E-state index in [-0.39, 0.29) is 17.7 Å². The second-order valence-electron chi connectivity index (χ2n) is 8.32. The molecule has 0 radical (unpaired) electrons. The van der Waals surface area contributed by atoms with E-state index in [1.807, 2.05) is 51.1 Å². The molecular weight excluding hydrogens is 368 g/mol. The van der Waals surface area contributed by atoms with E-state index >= 15 is 0 Å². The Balaban J connectivity index is 1.81. The van der Waals surface area contributed by atoms with Crippen LogP contribution in [0.15, 0.2) is 54.6 Å². The van der Waals surface area contributed by atoms with Crippen LogP contribution in [-0.2, 0) is 11.2 Å². The molecule has 1 saturated heterocycles. The number of hydrogen-bond acceptors (Lipinski definition) is 4. The van der Waals surface area contributed by atoms with Crippen molar-refractivity contribution in [2.24, 2.45) is 0 Å². The van der Waals surface area contributed by atoms with Gasteiger partial charge in [-0.3, -0.25) is 0 Å². The Morgan fingerprint density at radius 3 is 2.28 bits per heavy atom. The Morgan fingerprint density at radius 2 is 1.69 bits per heavy atom. The van der Waals surface area contributed by atoms with Crippen LogP contribution in [0.1, 0.15) is 36.7 Å². The third-order valence-electron chi connectivity index (χ3n) is 4.89. The maximum atomic E-state index is 12.6. The van der Waals surface area contributed by atoms with Crippen LogP contribution in [0.3, 0.4) is 0 Å². The molecule has 1 N–H and O–H groups in total. The molecule has 0 spiro atoms. The van der Waals surface area contributed by atoms with Crippen molar-refractivity contribution in [1.29, 1.82) is 0 Å². The fraction of sp³-hybridized carbons (Fsp3) is 0.391. The first-order valence-electron chi connectivity index (χ1n) is 9.85. The van der Waals surface area contributed by atoms with Crippen LogP contribution in [0.25, 0.3) is 0 Å². The van der Waals surface area contributed by atoms with E-state index in [0.29, 0.717) is 19.6 Å². The summed E-state index contributed by atoms with van der Waals surface area (Å²) >= 11 is 0. The van der Waals surface area contributed by atoms with Gasteiger partial charge in [-0.05, 0) is 57.0 Å². The van der Waals surface area contributed by atoms with E-state index in [9.17, 15) is 9.59 Å². The quantitative estimate of drug-likeness (QED) is 0.844. The fourth-order valence-electron chi connectivity index (χ4n) is 3.54. The van der Waals surface area contributed by atoms with E-state index in [0.717, 1.165) is 12.1 Å². The maximum absolute atomic E-state index is 12.6. The van der Waals surface area contributed by atoms with E-state index in [1.165, 1.54) is 5.56 Å². The number of carboxylic acids is 1. The van der Waals surface area contributed by atoms with E-state index in [1.54, 1.807) is 17.0 Å². The number of benzene rings is 2. The molecule has 0 aliphatic carbocycles. The molecule has 1 aliphatic rings. The van der Waals surface area contributed by atoms with Gasteiger partial charge in [-0.2, -0.15) is 0 Å². The number of carbonyl (C=O) groups is 2. The minimum absolute atomic E-state index is 0.0642. The number of carbonyl (C=O) groups excluding carboxylic acids is 1. The summed E-state index contributed by atoms with van der Waals surface area (Å²) in [5, 5.41) is 9.15. The fourth-order valence-corrected chi connectivity index (χ4v) is 3.54. The molecule has 2 aromatic rings. The van der Waals surface area contributed by atoms with Gasteiger partial charge in [0.15, 0.2) is 0 Å². The lowest BCUT2D eigenvalue weighted by Gasteiger charge is -2.43. The molecular formula is C23H28N2O4. The van der Waals surface area contributed by atoms with E-state index in [4.69, 9.17) is 9.84 Å². The molecule has 1 atom stereocenters. The molecule has 1 heterocycles. The summed E-state index contributed by atoms with van der Waals surface area (Å²) in [7, 11) is 0. The zero-order chi connectivity index (χ0) is 21.0. The average Bonchev–Trinajstić information content (AvgIpc) is 2.67. The van der Waals surface area contributed by atoms with Gasteiger partial charge in [-0.25, -0.2) is 9.59 Å². The van der Waals surface area contributed by atoms with E-state index < -0.39 is 11.6 Å². The summed E-state index contributed by atoms with van der Waals surface area (Å²) < 4.78 is 5.56. The van der Waals surface area contributed by atoms with Gasteiger partial charge >= 0.3 is 12.1 Å². The van der Waals surface area contributed by atoms with Crippen LogP contribution in [0.2, 0.25) is 0 Å². The Hall–Kier alpha value is -3.02. The first-order chi connectivity index (χ1) is 13.7. The number of amides is 1. The molecule has 2 aromatic carbocycles. The van der Waals surface area contributed by atoms with Crippen molar-refractivity contribution in [3.63, 3.8) is 0 Å². The van der Waals surface area contributed by atoms with Crippen LogP contribution in [0, 0.1) is 0 Å². The molecule has 6 heteroatoms. The Bertz CT molecular complexity index is 843. The van der Waals surface area contributed by atoms with Crippen molar-refractivity contribution in [2.75, 3.05) is 24.5 Å². The van der Waals surface area contributed by atoms with Gasteiger partial charge in [0, 0.05) is 25.3 Å². The summed E-state index contributed by atoms with van der Waals surface area (Å²) in [6, 6.07) is 17.2. The highest BCUT2D eigenvalue weighted by Crippen LogP contribution is 2.25. The monoisotopic (exact) mass is 396 g/mol. The van der Waals surface area contributed by atoms with Gasteiger partial charge in [-0.1, -0.05) is 30.3 Å². The molecule has 1 aliphatic heterocycles. The zero-order valence-corrected chi connectivity index (χ0v) is 17.2. The summed E-state index contributed by atoms with van der Waals surface area (Å²) in [5.41, 5.74) is 1.88. The predicted molar refractivity (Wildman–Crippen MR) is 112 cm³/mol. The largest absolute Gasteiger partial charge is 0.478 e. The topological polar surface area (TPSA) is 70.1 Å². The number of carboxylic acid groups (broad SMARTS) is 1. The number of rotatable bonds is 4. The third-order valence-corrected chi connectivity index (χ3v) is 4.89.